The lowest BCUT2D eigenvalue weighted by Gasteiger charge is -2.20. The smallest absolute Gasteiger partial charge is 0.407 e. The number of nitrogens with one attached hydrogen (secondary N) is 4. The quantitative estimate of drug-likeness (QED) is 0.246. The number of hydrogen-bond acceptors (Lipinski definition) is 5. The second-order valence-corrected chi connectivity index (χ2v) is 5.90. The van der Waals surface area contributed by atoms with Gasteiger partial charge in [-0.2, -0.15) is 0 Å². The van der Waals surface area contributed by atoms with Crippen molar-refractivity contribution < 1.29 is 28.7 Å². The molecular formula is C15H29FN4O5. The van der Waals surface area contributed by atoms with Crippen LogP contribution in [-0.4, -0.2) is 55.5 Å². The lowest BCUT2D eigenvalue weighted by molar-refractivity contribution is -0.120. The highest BCUT2D eigenvalue weighted by Crippen LogP contribution is 2.02. The Kier molecular flexibility index (Phi) is 13.1. The van der Waals surface area contributed by atoms with E-state index in [-0.39, 0.29) is 25.0 Å². The molecule has 0 aromatic carbocycles. The number of ether oxygens (including phenoxy) is 1. The van der Waals surface area contributed by atoms with Gasteiger partial charge in [-0.15, -0.1) is 10.0 Å². The fourth-order valence-electron chi connectivity index (χ4n) is 1.92. The van der Waals surface area contributed by atoms with Crippen LogP contribution in [0.15, 0.2) is 0 Å². The summed E-state index contributed by atoms with van der Waals surface area (Å²) in [4.78, 5) is 33.1. The molecule has 0 saturated heterocycles. The highest BCUT2D eigenvalue weighted by molar-refractivity contribution is 5.77. The van der Waals surface area contributed by atoms with Crippen LogP contribution in [0.1, 0.15) is 39.5 Å². The van der Waals surface area contributed by atoms with Crippen molar-refractivity contribution >= 4 is 18.1 Å². The Balaban J connectivity index is 3.60. The Labute approximate surface area is 147 Å². The van der Waals surface area contributed by atoms with Crippen LogP contribution < -0.4 is 21.5 Å². The predicted molar refractivity (Wildman–Crippen MR) is 89.7 cm³/mol. The molecule has 0 aliphatic carbocycles. The third-order valence-electron chi connectivity index (χ3n) is 3.43. The topological polar surface area (TPSA) is 129 Å². The van der Waals surface area contributed by atoms with Gasteiger partial charge in [-0.05, 0) is 18.8 Å². The molecule has 9 nitrogen and oxygen atoms in total. The number of alkyl carbamates (subject to hydrolysis) is 1. The predicted octanol–water partition coefficient (Wildman–Crippen LogP) is 1.16. The molecule has 0 aromatic heterocycles. The monoisotopic (exact) mass is 364 g/mol. The van der Waals surface area contributed by atoms with Crippen LogP contribution in [0.4, 0.5) is 14.1 Å². The molecule has 5 N–H and O–H groups in total. The third kappa shape index (κ3) is 14.0. The molecule has 0 spiro atoms. The van der Waals surface area contributed by atoms with E-state index in [4.69, 9.17) is 9.84 Å². The van der Waals surface area contributed by atoms with Gasteiger partial charge in [-0.3, -0.25) is 4.79 Å². The van der Waals surface area contributed by atoms with Crippen molar-refractivity contribution in [1.29, 1.82) is 0 Å². The number of carbonyl (C=O) groups is 3. The largest absolute Gasteiger partial charge is 0.465 e. The van der Waals surface area contributed by atoms with Crippen LogP contribution >= 0.6 is 0 Å². The third-order valence-corrected chi connectivity index (χ3v) is 3.43. The lowest BCUT2D eigenvalue weighted by atomic mass is 10.1. The molecule has 0 fully saturated rings. The van der Waals surface area contributed by atoms with Crippen molar-refractivity contribution in [3.63, 3.8) is 0 Å². The summed E-state index contributed by atoms with van der Waals surface area (Å²) in [7, 11) is 0. The lowest BCUT2D eigenvalue weighted by Crippen LogP contribution is -2.42. The van der Waals surface area contributed by atoms with Crippen LogP contribution in [0, 0.1) is 5.92 Å². The molecule has 25 heavy (non-hydrogen) atoms. The van der Waals surface area contributed by atoms with Crippen LogP contribution in [0.25, 0.3) is 0 Å². The summed E-state index contributed by atoms with van der Waals surface area (Å²) in [5, 5.41) is 16.2. The first-order valence-electron chi connectivity index (χ1n) is 8.37. The van der Waals surface area contributed by atoms with Gasteiger partial charge in [0.15, 0.2) is 0 Å². The van der Waals surface area contributed by atoms with Gasteiger partial charge in [0, 0.05) is 13.1 Å². The van der Waals surface area contributed by atoms with Gasteiger partial charge in [0.1, 0.15) is 13.2 Å². The Morgan fingerprint density at radius 2 is 1.64 bits per heavy atom. The zero-order chi connectivity index (χ0) is 19.1. The fraction of sp³-hybridized carbons (Fsp3) is 0.800. The van der Waals surface area contributed by atoms with Crippen LogP contribution in [-0.2, 0) is 9.53 Å². The van der Waals surface area contributed by atoms with Crippen LogP contribution in [0.2, 0.25) is 0 Å². The van der Waals surface area contributed by atoms with Gasteiger partial charge in [-0.1, -0.05) is 26.7 Å². The highest BCUT2D eigenvalue weighted by Gasteiger charge is 2.17. The van der Waals surface area contributed by atoms with Crippen molar-refractivity contribution in [2.75, 3.05) is 26.2 Å². The number of carboxylic acid groups (broad SMARTS) is 1. The summed E-state index contributed by atoms with van der Waals surface area (Å²) in [5.74, 6) is -0.380. The molecule has 10 heteroatoms. The van der Waals surface area contributed by atoms with Crippen molar-refractivity contribution in [2.45, 2.75) is 45.6 Å². The number of rotatable bonds is 13. The maximum atomic E-state index is 11.6. The minimum atomic E-state index is -1.15. The van der Waals surface area contributed by atoms with E-state index >= 15 is 0 Å². The molecule has 0 aliphatic rings. The number of unbranched alkanes of at least 4 members (excludes halogenated alkanes) is 3. The van der Waals surface area contributed by atoms with Gasteiger partial charge in [-0.25, -0.2) is 9.59 Å². The minimum absolute atomic E-state index is 0.00470. The Hall–Kier alpha value is -2.10. The van der Waals surface area contributed by atoms with E-state index in [1.54, 1.807) is 0 Å². The molecule has 146 valence electrons. The zero-order valence-electron chi connectivity index (χ0n) is 14.8. The second kappa shape index (κ2) is 14.3. The number of amides is 3. The van der Waals surface area contributed by atoms with Gasteiger partial charge in [0.05, 0.1) is 6.04 Å². The number of halogens is 1. The van der Waals surface area contributed by atoms with E-state index in [0.29, 0.717) is 13.1 Å². The van der Waals surface area contributed by atoms with Crippen LogP contribution in [0.5, 0.6) is 0 Å². The molecule has 0 unspecified atom stereocenters. The van der Waals surface area contributed by atoms with Crippen molar-refractivity contribution in [3.05, 3.63) is 0 Å². The van der Waals surface area contributed by atoms with E-state index in [1.165, 1.54) is 5.54 Å². The summed E-state index contributed by atoms with van der Waals surface area (Å²) in [6, 6.07) is -0.453. The summed E-state index contributed by atoms with van der Waals surface area (Å²) in [5.41, 5.74) is 1.28. The van der Waals surface area contributed by atoms with E-state index in [1.807, 2.05) is 13.8 Å². The van der Waals surface area contributed by atoms with E-state index in [9.17, 15) is 18.9 Å². The first kappa shape index (κ1) is 22.9. The summed E-state index contributed by atoms with van der Waals surface area (Å²) < 4.78 is 16.6. The van der Waals surface area contributed by atoms with Gasteiger partial charge in [0.25, 0.3) is 0 Å². The van der Waals surface area contributed by atoms with E-state index < -0.39 is 18.2 Å². The Morgan fingerprint density at radius 3 is 2.16 bits per heavy atom. The fourth-order valence-corrected chi connectivity index (χ4v) is 1.92. The minimum Gasteiger partial charge on any atom is -0.465 e. The molecule has 3 amide bonds. The maximum Gasteiger partial charge on any atom is 0.407 e. The van der Waals surface area contributed by atoms with Crippen molar-refractivity contribution in [2.24, 2.45) is 5.92 Å². The first-order valence-corrected chi connectivity index (χ1v) is 8.37. The molecular weight excluding hydrogens is 335 g/mol. The van der Waals surface area contributed by atoms with E-state index in [2.05, 4.69) is 16.0 Å². The number of hydrogen-bond donors (Lipinski definition) is 5. The zero-order valence-corrected chi connectivity index (χ0v) is 14.8. The summed E-state index contributed by atoms with van der Waals surface area (Å²) >= 11 is 0. The summed E-state index contributed by atoms with van der Waals surface area (Å²) in [6.45, 7) is 4.24. The van der Waals surface area contributed by atoms with Crippen molar-refractivity contribution in [3.8, 4) is 0 Å². The molecule has 0 aromatic rings. The van der Waals surface area contributed by atoms with Gasteiger partial charge >= 0.3 is 12.2 Å². The van der Waals surface area contributed by atoms with E-state index in [0.717, 1.165) is 25.7 Å². The maximum absolute atomic E-state index is 11.6. The highest BCUT2D eigenvalue weighted by atomic mass is 19.2. The molecule has 0 radical (unpaired) electrons. The SMILES string of the molecule is CC(C)[C@H](COC(=O)NCCCCCCNC(=O)CNF)NC(=O)O. The number of carbonyl (C=O) groups excluding carboxylic acids is 2. The normalized spacial score (nSPS) is 11.7. The Morgan fingerprint density at radius 1 is 1.04 bits per heavy atom. The van der Waals surface area contributed by atoms with Gasteiger partial charge < -0.3 is 25.8 Å². The molecule has 1 atom stereocenters. The van der Waals surface area contributed by atoms with Crippen molar-refractivity contribution in [1.82, 2.24) is 21.5 Å². The Bertz CT molecular complexity index is 409. The molecule has 0 rings (SSSR count). The average molecular weight is 364 g/mol. The summed E-state index contributed by atoms with van der Waals surface area (Å²) in [6.07, 6.45) is 1.55. The van der Waals surface area contributed by atoms with Crippen LogP contribution in [0.3, 0.4) is 0 Å². The molecule has 0 saturated carbocycles. The molecule has 0 heterocycles. The molecule has 0 aliphatic heterocycles. The van der Waals surface area contributed by atoms with Gasteiger partial charge in [0.2, 0.25) is 5.91 Å². The second-order valence-electron chi connectivity index (χ2n) is 5.90. The standard InChI is InChI=1S/C15H29FN4O5/c1-11(2)12(20-14(22)23)10-25-15(24)18-8-6-4-3-5-7-17-13(21)9-19-16/h11-12,19-20H,3-10H2,1-2H3,(H,17,21)(H,18,24)(H,22,23)/t12-/m0/s1. The molecule has 0 bridgehead atoms. The average Bonchev–Trinajstić information content (AvgIpc) is 2.53. The first-order chi connectivity index (χ1) is 11.9.